The van der Waals surface area contributed by atoms with Crippen LogP contribution in [0.4, 0.5) is 0 Å². The summed E-state index contributed by atoms with van der Waals surface area (Å²) in [6.45, 7) is 8.17. The van der Waals surface area contributed by atoms with Gasteiger partial charge in [-0.3, -0.25) is 0 Å². The first-order chi connectivity index (χ1) is 12.8. The molecule has 1 aromatic carbocycles. The SMILES string of the molecule is C=C1C(=O)O[C@@H]2C[C@]3(C)C(CCC(C)OC(=O)c4ccc(Cl)cc4)[C@@H]3C[C@H]12. The van der Waals surface area contributed by atoms with Crippen molar-refractivity contribution in [3.63, 3.8) is 0 Å². The predicted molar refractivity (Wildman–Crippen MR) is 102 cm³/mol. The van der Waals surface area contributed by atoms with Crippen molar-refractivity contribution in [2.24, 2.45) is 23.2 Å². The van der Waals surface area contributed by atoms with Crippen LogP contribution in [0.5, 0.6) is 0 Å². The molecule has 0 spiro atoms. The van der Waals surface area contributed by atoms with Gasteiger partial charge < -0.3 is 9.47 Å². The van der Waals surface area contributed by atoms with Gasteiger partial charge in [-0.2, -0.15) is 0 Å². The van der Waals surface area contributed by atoms with E-state index in [-0.39, 0.29) is 35.5 Å². The lowest BCUT2D eigenvalue weighted by Crippen LogP contribution is -2.26. The molecule has 2 saturated carbocycles. The molecule has 3 aliphatic rings. The summed E-state index contributed by atoms with van der Waals surface area (Å²) in [5.41, 5.74) is 1.41. The summed E-state index contributed by atoms with van der Waals surface area (Å²) < 4.78 is 11.1. The van der Waals surface area contributed by atoms with E-state index in [0.29, 0.717) is 28.0 Å². The lowest BCUT2D eigenvalue weighted by molar-refractivity contribution is -0.140. The van der Waals surface area contributed by atoms with Gasteiger partial charge in [0.15, 0.2) is 0 Å². The second-order valence-corrected chi connectivity index (χ2v) is 8.97. The summed E-state index contributed by atoms with van der Waals surface area (Å²) >= 11 is 5.85. The highest BCUT2D eigenvalue weighted by Gasteiger charge is 2.66. The standard InChI is InChI=1S/C22H25ClO4/c1-12(26-21(25)14-5-7-15(23)8-6-14)4-9-17-18-10-16-13(2)20(24)27-19(16)11-22(17,18)3/h5-8,12,16-19H,2,4,9-11H2,1,3H3/t12?,16-,17?,18+,19-,22-/m1/s1. The Kier molecular flexibility index (Phi) is 4.58. The molecule has 0 aromatic heterocycles. The van der Waals surface area contributed by atoms with E-state index in [1.807, 2.05) is 6.92 Å². The van der Waals surface area contributed by atoms with Gasteiger partial charge in [0.2, 0.25) is 0 Å². The highest BCUT2D eigenvalue weighted by Crippen LogP contribution is 2.70. The lowest BCUT2D eigenvalue weighted by Gasteiger charge is -2.27. The van der Waals surface area contributed by atoms with Crippen molar-refractivity contribution in [2.75, 3.05) is 0 Å². The van der Waals surface area contributed by atoms with Crippen LogP contribution < -0.4 is 0 Å². The molecule has 2 aliphatic carbocycles. The molecule has 6 atom stereocenters. The molecule has 4 nitrogen and oxygen atoms in total. The molecule has 0 N–H and O–H groups in total. The Balaban J connectivity index is 1.29. The van der Waals surface area contributed by atoms with Gasteiger partial charge in [-0.05, 0) is 74.1 Å². The molecule has 2 unspecified atom stereocenters. The molecule has 144 valence electrons. The number of hydrogen-bond acceptors (Lipinski definition) is 4. The summed E-state index contributed by atoms with van der Waals surface area (Å²) in [6.07, 6.45) is 3.66. The zero-order chi connectivity index (χ0) is 19.3. The molecule has 1 saturated heterocycles. The van der Waals surface area contributed by atoms with Crippen molar-refractivity contribution in [1.29, 1.82) is 0 Å². The van der Waals surface area contributed by atoms with Crippen LogP contribution in [0.2, 0.25) is 5.02 Å². The molecule has 3 fully saturated rings. The number of carbonyl (C=O) groups is 2. The quantitative estimate of drug-likeness (QED) is 0.536. The van der Waals surface area contributed by atoms with Gasteiger partial charge in [0.25, 0.3) is 0 Å². The fourth-order valence-corrected chi connectivity index (χ4v) is 5.32. The topological polar surface area (TPSA) is 52.6 Å². The smallest absolute Gasteiger partial charge is 0.338 e. The summed E-state index contributed by atoms with van der Waals surface area (Å²) in [7, 11) is 0. The predicted octanol–water partition coefficient (Wildman–Crippen LogP) is 4.81. The van der Waals surface area contributed by atoms with Crippen LogP contribution in [0.1, 0.15) is 49.9 Å². The van der Waals surface area contributed by atoms with Crippen LogP contribution in [0, 0.1) is 23.2 Å². The maximum absolute atomic E-state index is 12.2. The van der Waals surface area contributed by atoms with Gasteiger partial charge >= 0.3 is 11.9 Å². The number of carbonyl (C=O) groups excluding carboxylic acids is 2. The van der Waals surface area contributed by atoms with E-state index in [9.17, 15) is 9.59 Å². The van der Waals surface area contributed by atoms with Crippen molar-refractivity contribution in [2.45, 2.75) is 51.7 Å². The molecule has 5 heteroatoms. The molecule has 0 amide bonds. The highest BCUT2D eigenvalue weighted by atomic mass is 35.5. The Morgan fingerprint density at radius 1 is 1.41 bits per heavy atom. The molecule has 1 aliphatic heterocycles. The molecule has 27 heavy (non-hydrogen) atoms. The van der Waals surface area contributed by atoms with E-state index < -0.39 is 0 Å². The first-order valence-corrected chi connectivity index (χ1v) is 10.0. The molecule has 0 bridgehead atoms. The average molecular weight is 389 g/mol. The summed E-state index contributed by atoms with van der Waals surface area (Å²) in [6, 6.07) is 6.74. The van der Waals surface area contributed by atoms with E-state index in [1.54, 1.807) is 24.3 Å². The Hall–Kier alpha value is -1.81. The van der Waals surface area contributed by atoms with Gasteiger partial charge in [0, 0.05) is 16.5 Å². The third-order valence-corrected chi connectivity index (χ3v) is 7.16. The first kappa shape index (κ1) is 18.5. The van der Waals surface area contributed by atoms with Crippen molar-refractivity contribution >= 4 is 23.5 Å². The molecule has 1 heterocycles. The van der Waals surface area contributed by atoms with Crippen LogP contribution >= 0.6 is 11.6 Å². The Morgan fingerprint density at radius 3 is 2.81 bits per heavy atom. The second-order valence-electron chi connectivity index (χ2n) is 8.53. The second kappa shape index (κ2) is 6.66. The monoisotopic (exact) mass is 388 g/mol. The summed E-state index contributed by atoms with van der Waals surface area (Å²) in [4.78, 5) is 23.9. The number of benzene rings is 1. The van der Waals surface area contributed by atoms with Crippen molar-refractivity contribution < 1.29 is 19.1 Å². The van der Waals surface area contributed by atoms with Gasteiger partial charge in [-0.25, -0.2) is 9.59 Å². The highest BCUT2D eigenvalue weighted by molar-refractivity contribution is 6.30. The number of ether oxygens (including phenoxy) is 2. The van der Waals surface area contributed by atoms with Gasteiger partial charge in [-0.1, -0.05) is 25.1 Å². The third-order valence-electron chi connectivity index (χ3n) is 6.91. The largest absolute Gasteiger partial charge is 0.459 e. The maximum atomic E-state index is 12.2. The summed E-state index contributed by atoms with van der Waals surface area (Å²) in [5, 5.41) is 0.599. The fourth-order valence-electron chi connectivity index (χ4n) is 5.20. The molecule has 1 aromatic rings. The zero-order valence-electron chi connectivity index (χ0n) is 15.7. The molecule has 4 rings (SSSR count). The van der Waals surface area contributed by atoms with Crippen LogP contribution in [0.3, 0.4) is 0 Å². The number of esters is 2. The molecular formula is C22H25ClO4. The van der Waals surface area contributed by atoms with E-state index in [4.69, 9.17) is 21.1 Å². The van der Waals surface area contributed by atoms with Gasteiger partial charge in [-0.15, -0.1) is 0 Å². The van der Waals surface area contributed by atoms with Crippen molar-refractivity contribution in [3.8, 4) is 0 Å². The number of halogens is 1. The normalized spacial score (nSPS) is 35.1. The minimum absolute atomic E-state index is 0.0106. The minimum Gasteiger partial charge on any atom is -0.459 e. The van der Waals surface area contributed by atoms with E-state index in [2.05, 4.69) is 13.5 Å². The van der Waals surface area contributed by atoms with E-state index in [0.717, 1.165) is 25.7 Å². The van der Waals surface area contributed by atoms with Crippen LogP contribution in [0.15, 0.2) is 36.4 Å². The zero-order valence-corrected chi connectivity index (χ0v) is 16.5. The minimum atomic E-state index is -0.309. The lowest BCUT2D eigenvalue weighted by atomic mass is 9.79. The van der Waals surface area contributed by atoms with Gasteiger partial charge in [0.1, 0.15) is 6.10 Å². The maximum Gasteiger partial charge on any atom is 0.338 e. The number of hydrogen-bond donors (Lipinski definition) is 0. The first-order valence-electron chi connectivity index (χ1n) is 9.66. The Labute approximate surface area is 164 Å². The summed E-state index contributed by atoms with van der Waals surface area (Å²) in [5.74, 6) is 0.890. The van der Waals surface area contributed by atoms with Crippen molar-refractivity contribution in [1.82, 2.24) is 0 Å². The Bertz CT molecular complexity index is 786. The average Bonchev–Trinajstić information content (AvgIpc) is 3.10. The van der Waals surface area contributed by atoms with Crippen LogP contribution in [0.25, 0.3) is 0 Å². The van der Waals surface area contributed by atoms with Crippen LogP contribution in [-0.2, 0) is 14.3 Å². The molecule has 0 radical (unpaired) electrons. The number of rotatable bonds is 5. The van der Waals surface area contributed by atoms with Crippen molar-refractivity contribution in [3.05, 3.63) is 47.0 Å². The van der Waals surface area contributed by atoms with E-state index in [1.165, 1.54) is 0 Å². The number of fused-ring (bicyclic) bond motifs is 2. The van der Waals surface area contributed by atoms with Crippen LogP contribution in [-0.4, -0.2) is 24.1 Å². The fraction of sp³-hybridized carbons (Fsp3) is 0.545. The Morgan fingerprint density at radius 2 is 2.11 bits per heavy atom. The third kappa shape index (κ3) is 3.29. The van der Waals surface area contributed by atoms with E-state index >= 15 is 0 Å². The molecular weight excluding hydrogens is 364 g/mol. The van der Waals surface area contributed by atoms with Gasteiger partial charge in [0.05, 0.1) is 11.7 Å².